The molecule has 0 spiro atoms. The Morgan fingerprint density at radius 1 is 1.22 bits per heavy atom. The van der Waals surface area contributed by atoms with E-state index in [1.54, 1.807) is 36.7 Å². The van der Waals surface area contributed by atoms with E-state index < -0.39 is 10.0 Å². The van der Waals surface area contributed by atoms with Crippen LogP contribution < -0.4 is 0 Å². The summed E-state index contributed by atoms with van der Waals surface area (Å²) in [5.41, 5.74) is 1.87. The van der Waals surface area contributed by atoms with Crippen LogP contribution in [0.2, 0.25) is 0 Å². The molecule has 23 heavy (non-hydrogen) atoms. The van der Waals surface area contributed by atoms with E-state index in [1.165, 1.54) is 4.31 Å². The second-order valence-corrected chi connectivity index (χ2v) is 7.45. The number of rotatable bonds is 5. The summed E-state index contributed by atoms with van der Waals surface area (Å²) in [7, 11) is -3.69. The van der Waals surface area contributed by atoms with E-state index in [9.17, 15) is 8.42 Å². The Kier molecular flexibility index (Phi) is 4.38. The van der Waals surface area contributed by atoms with E-state index >= 15 is 0 Å². The van der Waals surface area contributed by atoms with Gasteiger partial charge in [0.05, 0.1) is 11.4 Å². The molecule has 0 fully saturated rings. The van der Waals surface area contributed by atoms with Gasteiger partial charge in [0.25, 0.3) is 0 Å². The van der Waals surface area contributed by atoms with Gasteiger partial charge in [0, 0.05) is 25.0 Å². The summed E-state index contributed by atoms with van der Waals surface area (Å²) in [6.45, 7) is 4.04. The summed E-state index contributed by atoms with van der Waals surface area (Å²) in [5, 5.41) is 0. The fraction of sp³-hybridized carbons (Fsp3) is 0.267. The number of hydrogen-bond donors (Lipinski definition) is 0. The van der Waals surface area contributed by atoms with E-state index in [0.717, 1.165) is 16.9 Å². The zero-order valence-corrected chi connectivity index (χ0v) is 14.4. The molecule has 0 bridgehead atoms. The van der Waals surface area contributed by atoms with Gasteiger partial charge in [0.2, 0.25) is 10.0 Å². The van der Waals surface area contributed by atoms with Crippen LogP contribution in [0.5, 0.6) is 0 Å². The Hall–Kier alpha value is -1.90. The topological polar surface area (TPSA) is 75.0 Å². The van der Waals surface area contributed by atoms with Crippen LogP contribution in [0.1, 0.15) is 25.5 Å². The van der Waals surface area contributed by atoms with Crippen molar-refractivity contribution >= 4 is 32.8 Å². The maximum absolute atomic E-state index is 13.1. The van der Waals surface area contributed by atoms with Crippen molar-refractivity contribution < 1.29 is 8.42 Å². The van der Waals surface area contributed by atoms with Crippen LogP contribution >= 0.6 is 0 Å². The van der Waals surface area contributed by atoms with Crippen molar-refractivity contribution in [1.29, 1.82) is 0 Å². The number of nitrogens with zero attached hydrogens (tertiary/aromatic N) is 4. The lowest BCUT2D eigenvalue weighted by atomic mass is 10.1. The predicted octanol–water partition coefficient (Wildman–Crippen LogP) is 3.58. The van der Waals surface area contributed by atoms with Gasteiger partial charge in [0.15, 0.2) is 0 Å². The lowest BCUT2D eigenvalue weighted by Gasteiger charge is -2.27. The van der Waals surface area contributed by atoms with Crippen LogP contribution in [-0.2, 0) is 21.4 Å². The third kappa shape index (κ3) is 2.85. The molecule has 3 rings (SSSR count). The first-order valence-corrected chi connectivity index (χ1v) is 9.35. The molecule has 120 valence electrons. The molecule has 1 aromatic carbocycles. The zero-order valence-electron chi connectivity index (χ0n) is 12.7. The molecule has 1 aliphatic rings. The Labute approximate surface area is 139 Å². The monoisotopic (exact) mass is 348 g/mol. The number of pyridine rings is 1. The highest BCUT2D eigenvalue weighted by molar-refractivity contribution is 7.89. The van der Waals surface area contributed by atoms with Gasteiger partial charge in [-0.1, -0.05) is 19.1 Å². The summed E-state index contributed by atoms with van der Waals surface area (Å²) in [4.78, 5) is 4.27. The molecule has 0 saturated carbocycles. The lowest BCUT2D eigenvalue weighted by molar-refractivity contribution is 0.356. The highest BCUT2D eigenvalue weighted by Crippen LogP contribution is 2.39. The first-order valence-electron chi connectivity index (χ1n) is 7.18. The van der Waals surface area contributed by atoms with Crippen molar-refractivity contribution in [3.63, 3.8) is 0 Å². The molecule has 0 N–H and O–H groups in total. The molecule has 0 aliphatic carbocycles. The predicted molar refractivity (Wildman–Crippen MR) is 90.2 cm³/mol. The fourth-order valence-electron chi connectivity index (χ4n) is 2.56. The molecule has 0 radical (unpaired) electrons. The van der Waals surface area contributed by atoms with E-state index in [4.69, 9.17) is 0 Å². The number of hydrogen-bond acceptors (Lipinski definition) is 5. The van der Waals surface area contributed by atoms with Crippen LogP contribution in [0, 0.1) is 0 Å². The summed E-state index contributed by atoms with van der Waals surface area (Å²) in [6.07, 6.45) is 3.36. The molecule has 2 heterocycles. The van der Waals surface area contributed by atoms with E-state index in [-0.39, 0.29) is 10.9 Å². The average molecular weight is 348 g/mol. The molecule has 0 saturated heterocycles. The van der Waals surface area contributed by atoms with Crippen molar-refractivity contribution in [1.82, 2.24) is 9.29 Å². The molecule has 0 amide bonds. The Morgan fingerprint density at radius 3 is 2.74 bits per heavy atom. The van der Waals surface area contributed by atoms with E-state index in [0.29, 0.717) is 17.9 Å². The van der Waals surface area contributed by atoms with Crippen LogP contribution in [0.15, 0.2) is 56.3 Å². The SMILES string of the molecule is CCN([C@@H](C)c1cccnc1)S(=O)(=O)c1cccc2c1N=S=N2. The van der Waals surface area contributed by atoms with E-state index in [2.05, 4.69) is 13.7 Å². The van der Waals surface area contributed by atoms with E-state index in [1.807, 2.05) is 19.9 Å². The molecular weight excluding hydrogens is 332 g/mol. The summed E-state index contributed by atoms with van der Waals surface area (Å²) < 4.78 is 36.0. The normalized spacial score (nSPS) is 14.6. The second kappa shape index (κ2) is 6.31. The Morgan fingerprint density at radius 2 is 2.04 bits per heavy atom. The van der Waals surface area contributed by atoms with Crippen LogP contribution in [0.4, 0.5) is 11.4 Å². The Bertz CT molecular complexity index is 891. The molecule has 6 nitrogen and oxygen atoms in total. The standard InChI is InChI=1S/C15H16N4O2S2/c1-3-19(11(2)12-6-5-9-16-10-12)23(20,21)14-8-4-7-13-15(14)18-22-17-13/h4-11H,3H2,1-2H3/t11-/m0/s1. The molecule has 8 heteroatoms. The maximum Gasteiger partial charge on any atom is 0.245 e. The Balaban J connectivity index is 2.05. The van der Waals surface area contributed by atoms with Gasteiger partial charge < -0.3 is 0 Å². The number of benzene rings is 1. The van der Waals surface area contributed by atoms with Crippen molar-refractivity contribution in [2.45, 2.75) is 24.8 Å². The highest BCUT2D eigenvalue weighted by atomic mass is 32.2. The summed E-state index contributed by atoms with van der Waals surface area (Å²) >= 11 is 1.01. The van der Waals surface area contributed by atoms with Crippen molar-refractivity contribution in [3.05, 3.63) is 48.3 Å². The van der Waals surface area contributed by atoms with Gasteiger partial charge in [-0.2, -0.15) is 13.0 Å². The lowest BCUT2D eigenvalue weighted by Crippen LogP contribution is -2.33. The number of fused-ring (bicyclic) bond motifs is 1. The largest absolute Gasteiger partial charge is 0.264 e. The summed E-state index contributed by atoms with van der Waals surface area (Å²) in [5.74, 6) is 0. The van der Waals surface area contributed by atoms with Crippen LogP contribution in [0.25, 0.3) is 0 Å². The molecule has 1 aromatic heterocycles. The highest BCUT2D eigenvalue weighted by Gasteiger charge is 2.32. The third-order valence-electron chi connectivity index (χ3n) is 3.75. The van der Waals surface area contributed by atoms with Crippen LogP contribution in [-0.4, -0.2) is 24.3 Å². The van der Waals surface area contributed by atoms with Gasteiger partial charge in [-0.05, 0) is 30.7 Å². The minimum Gasteiger partial charge on any atom is -0.264 e. The molecule has 1 aliphatic heterocycles. The number of sulfonamides is 1. The van der Waals surface area contributed by atoms with Gasteiger partial charge in [-0.3, -0.25) is 4.98 Å². The third-order valence-corrected chi connectivity index (χ3v) is 6.37. The second-order valence-electron chi connectivity index (χ2n) is 5.06. The molecule has 0 unspecified atom stereocenters. The molecular formula is C15H16N4O2S2. The molecule has 2 aromatic rings. The first-order chi connectivity index (χ1) is 11.1. The zero-order chi connectivity index (χ0) is 16.4. The minimum atomic E-state index is -3.69. The minimum absolute atomic E-state index is 0.196. The fourth-order valence-corrected chi connectivity index (χ4v) is 4.94. The quantitative estimate of drug-likeness (QED) is 0.707. The van der Waals surface area contributed by atoms with Gasteiger partial charge in [0.1, 0.15) is 16.3 Å². The van der Waals surface area contributed by atoms with Gasteiger partial charge in [-0.15, -0.1) is 0 Å². The maximum atomic E-state index is 13.1. The van der Waals surface area contributed by atoms with Gasteiger partial charge >= 0.3 is 0 Å². The smallest absolute Gasteiger partial charge is 0.245 e. The van der Waals surface area contributed by atoms with Crippen molar-refractivity contribution in [2.75, 3.05) is 6.54 Å². The van der Waals surface area contributed by atoms with Crippen LogP contribution in [0.3, 0.4) is 0 Å². The molecule has 1 atom stereocenters. The van der Waals surface area contributed by atoms with Crippen molar-refractivity contribution in [2.24, 2.45) is 8.73 Å². The average Bonchev–Trinajstić information content (AvgIpc) is 3.04. The number of aromatic nitrogens is 1. The summed E-state index contributed by atoms with van der Waals surface area (Å²) in [6, 6.07) is 8.40. The van der Waals surface area contributed by atoms with Crippen molar-refractivity contribution in [3.8, 4) is 0 Å². The van der Waals surface area contributed by atoms with Gasteiger partial charge in [-0.25, -0.2) is 8.42 Å². The first kappa shape index (κ1) is 16.0.